The van der Waals surface area contributed by atoms with Gasteiger partial charge in [0.05, 0.1) is 18.1 Å². The van der Waals surface area contributed by atoms with Crippen LogP contribution in [0.1, 0.15) is 23.7 Å². The van der Waals surface area contributed by atoms with E-state index in [1.807, 2.05) is 13.0 Å². The van der Waals surface area contributed by atoms with Crippen molar-refractivity contribution >= 4 is 21.8 Å². The molecule has 0 saturated heterocycles. The van der Waals surface area contributed by atoms with Gasteiger partial charge in [-0.1, -0.05) is 0 Å². The largest absolute Gasteiger partial charge is 0.338 e. The zero-order valence-corrected chi connectivity index (χ0v) is 10.6. The zero-order valence-electron chi connectivity index (χ0n) is 8.98. The smallest absolute Gasteiger partial charge is 0.255 e. The predicted octanol–water partition coefficient (Wildman–Crippen LogP) is 2.22. The first-order chi connectivity index (χ1) is 7.69. The van der Waals surface area contributed by atoms with E-state index in [2.05, 4.69) is 20.9 Å². The van der Waals surface area contributed by atoms with E-state index in [0.717, 1.165) is 4.47 Å². The van der Waals surface area contributed by atoms with Crippen molar-refractivity contribution in [2.24, 2.45) is 0 Å². The summed E-state index contributed by atoms with van der Waals surface area (Å²) in [5, 5.41) is 8.50. The molecule has 1 amide bonds. The summed E-state index contributed by atoms with van der Waals surface area (Å²) in [5.41, 5.74) is 0.536. The molecule has 0 spiro atoms. The number of aromatic nitrogens is 1. The minimum absolute atomic E-state index is 0.0912. The van der Waals surface area contributed by atoms with Crippen molar-refractivity contribution in [2.45, 2.75) is 13.3 Å². The van der Waals surface area contributed by atoms with Crippen LogP contribution < -0.4 is 0 Å². The summed E-state index contributed by atoms with van der Waals surface area (Å²) in [7, 11) is 0. The lowest BCUT2D eigenvalue weighted by Gasteiger charge is -2.19. The maximum Gasteiger partial charge on any atom is 0.255 e. The van der Waals surface area contributed by atoms with Gasteiger partial charge >= 0.3 is 0 Å². The number of halogens is 1. The summed E-state index contributed by atoms with van der Waals surface area (Å²) in [6, 6.07) is 3.76. The van der Waals surface area contributed by atoms with Crippen molar-refractivity contribution in [2.75, 3.05) is 13.1 Å². The molecular formula is C11H12BrN3O. The number of pyridine rings is 1. The Morgan fingerprint density at radius 3 is 2.94 bits per heavy atom. The number of nitrogens with zero attached hydrogens (tertiary/aromatic N) is 3. The van der Waals surface area contributed by atoms with Crippen molar-refractivity contribution in [3.05, 3.63) is 28.5 Å². The second kappa shape index (κ2) is 6.23. The molecule has 0 radical (unpaired) electrons. The van der Waals surface area contributed by atoms with E-state index >= 15 is 0 Å². The summed E-state index contributed by atoms with van der Waals surface area (Å²) >= 11 is 3.27. The summed E-state index contributed by atoms with van der Waals surface area (Å²) in [6.45, 7) is 2.94. The first-order valence-electron chi connectivity index (χ1n) is 4.95. The van der Waals surface area contributed by atoms with Gasteiger partial charge in [-0.15, -0.1) is 0 Å². The van der Waals surface area contributed by atoms with Crippen LogP contribution in [0.5, 0.6) is 0 Å². The van der Waals surface area contributed by atoms with Crippen molar-refractivity contribution < 1.29 is 4.79 Å². The molecule has 1 aromatic heterocycles. The van der Waals surface area contributed by atoms with Crippen LogP contribution in [0.25, 0.3) is 0 Å². The minimum atomic E-state index is -0.0912. The Labute approximate surface area is 103 Å². The van der Waals surface area contributed by atoms with E-state index in [1.54, 1.807) is 17.2 Å². The van der Waals surface area contributed by atoms with Gasteiger partial charge in [-0.25, -0.2) is 0 Å². The van der Waals surface area contributed by atoms with E-state index in [1.165, 1.54) is 6.20 Å². The van der Waals surface area contributed by atoms with Crippen molar-refractivity contribution in [3.8, 4) is 6.07 Å². The van der Waals surface area contributed by atoms with Crippen LogP contribution in [0.3, 0.4) is 0 Å². The van der Waals surface area contributed by atoms with E-state index in [0.29, 0.717) is 25.1 Å². The van der Waals surface area contributed by atoms with Crippen LogP contribution in [0, 0.1) is 11.3 Å². The summed E-state index contributed by atoms with van der Waals surface area (Å²) in [5.74, 6) is -0.0912. The number of carbonyl (C=O) groups is 1. The van der Waals surface area contributed by atoms with Gasteiger partial charge in [-0.05, 0) is 28.9 Å². The third-order valence-electron chi connectivity index (χ3n) is 2.11. The Hall–Kier alpha value is -1.41. The first kappa shape index (κ1) is 12.7. The zero-order chi connectivity index (χ0) is 12.0. The lowest BCUT2D eigenvalue weighted by molar-refractivity contribution is 0.0767. The highest BCUT2D eigenvalue weighted by Gasteiger charge is 2.14. The third-order valence-corrected chi connectivity index (χ3v) is 2.55. The van der Waals surface area contributed by atoms with Crippen LogP contribution in [0.15, 0.2) is 22.9 Å². The molecule has 0 atom stereocenters. The Balaban J connectivity index is 2.79. The van der Waals surface area contributed by atoms with Crippen LogP contribution >= 0.6 is 15.9 Å². The van der Waals surface area contributed by atoms with Crippen LogP contribution in [-0.4, -0.2) is 28.9 Å². The molecule has 16 heavy (non-hydrogen) atoms. The monoisotopic (exact) mass is 281 g/mol. The molecule has 84 valence electrons. The average Bonchev–Trinajstić information content (AvgIpc) is 2.29. The maximum atomic E-state index is 12.0. The van der Waals surface area contributed by atoms with Crippen molar-refractivity contribution in [3.63, 3.8) is 0 Å². The van der Waals surface area contributed by atoms with Gasteiger partial charge in [0.25, 0.3) is 5.91 Å². The Morgan fingerprint density at radius 2 is 2.38 bits per heavy atom. The SMILES string of the molecule is CCN(CCC#N)C(=O)c1cncc(Br)c1. The minimum Gasteiger partial charge on any atom is -0.338 e. The van der Waals surface area contributed by atoms with Gasteiger partial charge in [0.1, 0.15) is 0 Å². The number of carbonyl (C=O) groups excluding carboxylic acids is 1. The molecule has 0 aromatic carbocycles. The lowest BCUT2D eigenvalue weighted by Crippen LogP contribution is -2.31. The molecule has 0 aliphatic rings. The molecule has 5 heteroatoms. The van der Waals surface area contributed by atoms with Crippen LogP contribution in [-0.2, 0) is 0 Å². The average molecular weight is 282 g/mol. The highest BCUT2D eigenvalue weighted by Crippen LogP contribution is 2.11. The van der Waals surface area contributed by atoms with E-state index < -0.39 is 0 Å². The van der Waals surface area contributed by atoms with Gasteiger partial charge in [-0.2, -0.15) is 5.26 Å². The first-order valence-corrected chi connectivity index (χ1v) is 5.75. The molecule has 1 aromatic rings. The van der Waals surface area contributed by atoms with Gasteiger partial charge < -0.3 is 4.90 Å². The van der Waals surface area contributed by atoms with Gasteiger partial charge in [-0.3, -0.25) is 9.78 Å². The summed E-state index contributed by atoms with van der Waals surface area (Å²) < 4.78 is 0.773. The fourth-order valence-electron chi connectivity index (χ4n) is 1.30. The molecule has 0 aliphatic carbocycles. The summed E-state index contributed by atoms with van der Waals surface area (Å²) in [4.78, 5) is 17.6. The summed E-state index contributed by atoms with van der Waals surface area (Å²) in [6.07, 6.45) is 3.51. The lowest BCUT2D eigenvalue weighted by atomic mass is 10.2. The topological polar surface area (TPSA) is 57.0 Å². The molecule has 0 saturated carbocycles. The molecule has 0 N–H and O–H groups in total. The Kier molecular flexibility index (Phi) is 4.93. The van der Waals surface area contributed by atoms with E-state index in [4.69, 9.17) is 5.26 Å². The van der Waals surface area contributed by atoms with E-state index in [-0.39, 0.29) is 5.91 Å². The highest BCUT2D eigenvalue weighted by molar-refractivity contribution is 9.10. The molecule has 0 unspecified atom stereocenters. The molecular weight excluding hydrogens is 270 g/mol. The number of hydrogen-bond donors (Lipinski definition) is 0. The van der Waals surface area contributed by atoms with E-state index in [9.17, 15) is 4.79 Å². The number of nitriles is 1. The number of hydrogen-bond acceptors (Lipinski definition) is 3. The van der Waals surface area contributed by atoms with Crippen molar-refractivity contribution in [1.29, 1.82) is 5.26 Å². The molecule has 0 aliphatic heterocycles. The quantitative estimate of drug-likeness (QED) is 0.850. The predicted molar refractivity (Wildman–Crippen MR) is 63.7 cm³/mol. The van der Waals surface area contributed by atoms with Gasteiger partial charge in [0.2, 0.25) is 0 Å². The number of amides is 1. The second-order valence-electron chi connectivity index (χ2n) is 3.18. The second-order valence-corrected chi connectivity index (χ2v) is 4.10. The fourth-order valence-corrected chi connectivity index (χ4v) is 1.66. The van der Waals surface area contributed by atoms with Crippen LogP contribution in [0.4, 0.5) is 0 Å². The number of rotatable bonds is 4. The molecule has 0 fully saturated rings. The van der Waals surface area contributed by atoms with Crippen molar-refractivity contribution in [1.82, 2.24) is 9.88 Å². The third kappa shape index (κ3) is 3.31. The Bertz CT molecular complexity index is 414. The normalized spacial score (nSPS) is 9.56. The maximum absolute atomic E-state index is 12.0. The molecule has 0 bridgehead atoms. The van der Waals surface area contributed by atoms with Gasteiger partial charge in [0.15, 0.2) is 0 Å². The van der Waals surface area contributed by atoms with Gasteiger partial charge in [0, 0.05) is 30.0 Å². The standard InChI is InChI=1S/C11H12BrN3O/c1-2-15(5-3-4-13)11(16)9-6-10(12)8-14-7-9/h6-8H,2-3,5H2,1H3. The molecule has 4 nitrogen and oxygen atoms in total. The Morgan fingerprint density at radius 1 is 1.62 bits per heavy atom. The van der Waals surface area contributed by atoms with Crippen LogP contribution in [0.2, 0.25) is 0 Å². The molecule has 1 heterocycles. The highest BCUT2D eigenvalue weighted by atomic mass is 79.9. The fraction of sp³-hybridized carbons (Fsp3) is 0.364. The molecule has 1 rings (SSSR count).